The van der Waals surface area contributed by atoms with Gasteiger partial charge in [-0.2, -0.15) is 13.2 Å². The monoisotopic (exact) mass is 335 g/mol. The van der Waals surface area contributed by atoms with Gasteiger partial charge >= 0.3 is 6.18 Å². The van der Waals surface area contributed by atoms with Gasteiger partial charge in [0, 0.05) is 5.57 Å². The van der Waals surface area contributed by atoms with Gasteiger partial charge in [-0.15, -0.1) is 0 Å². The number of halogens is 3. The normalized spacial score (nSPS) is 13.6. The third kappa shape index (κ3) is 4.63. The van der Waals surface area contributed by atoms with Crippen LogP contribution in [-0.4, -0.2) is 6.18 Å². The minimum absolute atomic E-state index is 0.0900. The molecule has 0 unspecified atom stereocenters. The first-order valence-electron chi connectivity index (χ1n) is 7.02. The fourth-order valence-electron chi connectivity index (χ4n) is 2.16. The highest BCUT2D eigenvalue weighted by Gasteiger charge is 2.36. The average Bonchev–Trinajstić information content (AvgIpc) is 2.51. The number of hydrazine groups is 1. The number of hydrogen-bond acceptors (Lipinski definition) is 3. The van der Waals surface area contributed by atoms with E-state index in [4.69, 9.17) is 11.6 Å². The van der Waals surface area contributed by atoms with Gasteiger partial charge in [-0.05, 0) is 36.4 Å². The van der Waals surface area contributed by atoms with Crippen molar-refractivity contribution in [2.45, 2.75) is 13.1 Å². The van der Waals surface area contributed by atoms with Crippen LogP contribution < -0.4 is 17.0 Å². The quantitative estimate of drug-likeness (QED) is 0.420. The summed E-state index contributed by atoms with van der Waals surface area (Å²) in [5, 5.41) is 0. The highest BCUT2D eigenvalue weighted by molar-refractivity contribution is 5.77. The van der Waals surface area contributed by atoms with Gasteiger partial charge in [-0.1, -0.05) is 49.1 Å². The molecule has 5 N–H and O–H groups in total. The van der Waals surface area contributed by atoms with Crippen LogP contribution in [0.2, 0.25) is 0 Å². The van der Waals surface area contributed by atoms with Crippen molar-refractivity contribution < 1.29 is 13.2 Å². The van der Waals surface area contributed by atoms with Crippen LogP contribution in [0.4, 0.5) is 13.2 Å². The maximum absolute atomic E-state index is 13.3. The molecule has 0 aliphatic carbocycles. The van der Waals surface area contributed by atoms with E-state index >= 15 is 0 Å². The van der Waals surface area contributed by atoms with Crippen molar-refractivity contribution in [3.63, 3.8) is 0 Å². The zero-order valence-electron chi connectivity index (χ0n) is 13.3. The van der Waals surface area contributed by atoms with Crippen LogP contribution in [0.3, 0.4) is 0 Å². The molecule has 1 rings (SSSR count). The number of aryl methyl sites for hydroxylation is 1. The summed E-state index contributed by atoms with van der Waals surface area (Å²) in [4.78, 5) is 0. The molecule has 0 saturated carbocycles. The Morgan fingerprint density at radius 3 is 2.42 bits per heavy atom. The molecule has 0 atom stereocenters. The molecule has 1 aromatic carbocycles. The van der Waals surface area contributed by atoms with Gasteiger partial charge in [0.2, 0.25) is 0 Å². The van der Waals surface area contributed by atoms with Crippen molar-refractivity contribution in [3.8, 4) is 0 Å². The Bertz CT molecular complexity index is 710. The Kier molecular flexibility index (Phi) is 6.61. The van der Waals surface area contributed by atoms with Gasteiger partial charge in [0.05, 0.1) is 11.3 Å². The molecule has 0 fully saturated rings. The molecule has 0 saturated heterocycles. The molecule has 3 nitrogen and oxygen atoms in total. The van der Waals surface area contributed by atoms with Gasteiger partial charge in [-0.3, -0.25) is 5.84 Å². The largest absolute Gasteiger partial charge is 0.416 e. The van der Waals surface area contributed by atoms with E-state index in [1.54, 1.807) is 18.2 Å². The second-order valence-corrected chi connectivity index (χ2v) is 4.96. The second kappa shape index (κ2) is 8.21. The highest BCUT2D eigenvalue weighted by atomic mass is 19.4. The lowest BCUT2D eigenvalue weighted by Gasteiger charge is -2.20. The molecule has 6 heteroatoms. The second-order valence-electron chi connectivity index (χ2n) is 4.96. The summed E-state index contributed by atoms with van der Waals surface area (Å²) in [6.45, 7) is 8.55. The molecule has 0 aliphatic rings. The van der Waals surface area contributed by atoms with Crippen LogP contribution in [0.15, 0.2) is 78.6 Å². The maximum atomic E-state index is 13.3. The lowest BCUT2D eigenvalue weighted by molar-refractivity contribution is -0.0886. The first-order chi connectivity index (χ1) is 11.3. The standard InChI is InChI=1S/C18H20F3N3/c1-4-6-14(9-10-22)16(13(3)18(19,20)21)17(24-23)15-8-5-7-12(2)11-15/h4-11,24H,1,3,22-23H2,2H3/b10-9-,14-6+,17-16+. The van der Waals surface area contributed by atoms with Crippen molar-refractivity contribution >= 4 is 5.70 Å². The molecule has 1 aromatic rings. The molecule has 0 radical (unpaired) electrons. The van der Waals surface area contributed by atoms with E-state index in [0.717, 1.165) is 11.8 Å². The number of allylic oxidation sites excluding steroid dienone is 6. The predicted molar refractivity (Wildman–Crippen MR) is 92.2 cm³/mol. The van der Waals surface area contributed by atoms with E-state index in [-0.39, 0.29) is 16.8 Å². The molecule has 0 amide bonds. The van der Waals surface area contributed by atoms with Crippen LogP contribution in [-0.2, 0) is 0 Å². The van der Waals surface area contributed by atoms with Crippen molar-refractivity contribution in [2.24, 2.45) is 11.6 Å². The van der Waals surface area contributed by atoms with Crippen LogP contribution in [0.5, 0.6) is 0 Å². The van der Waals surface area contributed by atoms with E-state index in [1.807, 2.05) is 13.0 Å². The summed E-state index contributed by atoms with van der Waals surface area (Å²) in [5.74, 6) is 5.54. The zero-order valence-corrected chi connectivity index (χ0v) is 13.3. The number of benzene rings is 1. The van der Waals surface area contributed by atoms with Crippen molar-refractivity contribution in [3.05, 3.63) is 89.7 Å². The van der Waals surface area contributed by atoms with E-state index in [2.05, 4.69) is 18.6 Å². The Hall–Kier alpha value is -2.73. The van der Waals surface area contributed by atoms with Crippen LogP contribution in [0.25, 0.3) is 5.70 Å². The molecule has 0 spiro atoms. The van der Waals surface area contributed by atoms with E-state index in [0.29, 0.717) is 5.56 Å². The first-order valence-corrected chi connectivity index (χ1v) is 7.02. The SMILES string of the molecule is C=C/C=C(\C=C/N)C(/C(=C)C(F)(F)F)=C(/NN)c1cccc(C)c1. The van der Waals surface area contributed by atoms with Gasteiger partial charge in [0.15, 0.2) is 0 Å². The summed E-state index contributed by atoms with van der Waals surface area (Å²) >= 11 is 0. The average molecular weight is 335 g/mol. The number of nitrogens with two attached hydrogens (primary N) is 2. The van der Waals surface area contributed by atoms with Crippen molar-refractivity contribution in [1.82, 2.24) is 5.43 Å². The third-order valence-corrected chi connectivity index (χ3v) is 3.21. The summed E-state index contributed by atoms with van der Waals surface area (Å²) < 4.78 is 40.0. The molecule has 0 heterocycles. The predicted octanol–water partition coefficient (Wildman–Crippen LogP) is 3.87. The van der Waals surface area contributed by atoms with Gasteiger partial charge in [-0.25, -0.2) is 0 Å². The van der Waals surface area contributed by atoms with E-state index in [1.165, 1.54) is 18.2 Å². The molecule has 0 bridgehead atoms. The third-order valence-electron chi connectivity index (χ3n) is 3.21. The number of alkyl halides is 3. The number of rotatable bonds is 6. The van der Waals surface area contributed by atoms with Gasteiger partial charge in [0.1, 0.15) is 0 Å². The summed E-state index contributed by atoms with van der Waals surface area (Å²) in [6, 6.07) is 6.93. The first kappa shape index (κ1) is 19.3. The van der Waals surface area contributed by atoms with Gasteiger partial charge in [0.25, 0.3) is 0 Å². The number of nitrogens with one attached hydrogen (secondary N) is 1. The van der Waals surface area contributed by atoms with E-state index < -0.39 is 11.7 Å². The zero-order chi connectivity index (χ0) is 18.3. The molecular weight excluding hydrogens is 315 g/mol. The highest BCUT2D eigenvalue weighted by Crippen LogP contribution is 2.37. The summed E-state index contributed by atoms with van der Waals surface area (Å²) in [5.41, 5.74) is 8.15. The Morgan fingerprint density at radius 1 is 1.29 bits per heavy atom. The lowest BCUT2D eigenvalue weighted by Crippen LogP contribution is -2.25. The van der Waals surface area contributed by atoms with Crippen molar-refractivity contribution in [2.75, 3.05) is 0 Å². The van der Waals surface area contributed by atoms with E-state index in [9.17, 15) is 13.2 Å². The minimum Gasteiger partial charge on any atom is -0.405 e. The maximum Gasteiger partial charge on any atom is 0.416 e. The van der Waals surface area contributed by atoms with Crippen LogP contribution >= 0.6 is 0 Å². The molecule has 24 heavy (non-hydrogen) atoms. The molecule has 0 aliphatic heterocycles. The van der Waals surface area contributed by atoms with Crippen molar-refractivity contribution in [1.29, 1.82) is 0 Å². The van der Waals surface area contributed by atoms with Crippen LogP contribution in [0.1, 0.15) is 11.1 Å². The lowest BCUT2D eigenvalue weighted by atomic mass is 9.92. The summed E-state index contributed by atoms with van der Waals surface area (Å²) in [7, 11) is 0. The molecular formula is C18H20F3N3. The van der Waals surface area contributed by atoms with Crippen LogP contribution in [0, 0.1) is 6.92 Å². The molecule has 0 aromatic heterocycles. The Balaban J connectivity index is 3.80. The fraction of sp³-hybridized carbons (Fsp3) is 0.111. The Morgan fingerprint density at radius 2 is 1.96 bits per heavy atom. The van der Waals surface area contributed by atoms with Gasteiger partial charge < -0.3 is 11.2 Å². The summed E-state index contributed by atoms with van der Waals surface area (Å²) in [6.07, 6.45) is 0.612. The smallest absolute Gasteiger partial charge is 0.405 e. The Labute approximate surface area is 139 Å². The molecule has 128 valence electrons. The number of hydrogen-bond donors (Lipinski definition) is 3. The fourth-order valence-corrected chi connectivity index (χ4v) is 2.16. The minimum atomic E-state index is -4.63. The topological polar surface area (TPSA) is 64.1 Å².